The van der Waals surface area contributed by atoms with Gasteiger partial charge in [-0.1, -0.05) is 48.5 Å². The smallest absolute Gasteiger partial charge is 0.264 e. The Morgan fingerprint density at radius 3 is 2.40 bits per heavy atom. The molecule has 3 fully saturated rings. The quantitative estimate of drug-likeness (QED) is 0.531. The van der Waals surface area contributed by atoms with Crippen LogP contribution in [0.15, 0.2) is 48.5 Å². The number of halogens is 2. The molecule has 0 unspecified atom stereocenters. The Morgan fingerprint density at radius 2 is 1.77 bits per heavy atom. The summed E-state index contributed by atoms with van der Waals surface area (Å²) >= 11 is 0. The number of rotatable bonds is 5. The first-order chi connectivity index (χ1) is 19.1. The fourth-order valence-corrected chi connectivity index (χ4v) is 7.24. The van der Waals surface area contributed by atoms with E-state index < -0.39 is 66.0 Å². The van der Waals surface area contributed by atoms with Gasteiger partial charge in [-0.25, -0.2) is 8.78 Å². The molecule has 2 aliphatic heterocycles. The van der Waals surface area contributed by atoms with Crippen LogP contribution in [0.5, 0.6) is 0 Å². The first-order valence-corrected chi connectivity index (χ1v) is 13.7. The molecule has 2 heterocycles. The average molecular weight is 549 g/mol. The van der Waals surface area contributed by atoms with Gasteiger partial charge in [0.2, 0.25) is 17.7 Å². The Balaban J connectivity index is 1.32. The van der Waals surface area contributed by atoms with Crippen LogP contribution >= 0.6 is 0 Å². The van der Waals surface area contributed by atoms with Crippen molar-refractivity contribution in [3.8, 4) is 17.2 Å². The summed E-state index contributed by atoms with van der Waals surface area (Å²) < 4.78 is 29.0. The highest BCUT2D eigenvalue weighted by Gasteiger charge is 2.61. The van der Waals surface area contributed by atoms with Gasteiger partial charge < -0.3 is 20.6 Å². The second kappa shape index (κ2) is 9.66. The van der Waals surface area contributed by atoms with Gasteiger partial charge in [-0.2, -0.15) is 5.26 Å². The first-order valence-electron chi connectivity index (χ1n) is 13.7. The summed E-state index contributed by atoms with van der Waals surface area (Å²) in [6.45, 7) is 0.455. The number of piperidine rings is 1. The number of alkyl halides is 2. The molecule has 40 heavy (non-hydrogen) atoms. The second-order valence-electron chi connectivity index (χ2n) is 11.4. The van der Waals surface area contributed by atoms with E-state index in [0.29, 0.717) is 35.2 Å². The molecular weight excluding hydrogens is 518 g/mol. The predicted octanol–water partition coefficient (Wildman–Crippen LogP) is 2.70. The molecule has 10 heteroatoms. The topological polar surface area (TPSA) is 123 Å². The van der Waals surface area contributed by atoms with Crippen molar-refractivity contribution in [2.24, 2.45) is 17.8 Å². The first kappa shape index (κ1) is 26.4. The summed E-state index contributed by atoms with van der Waals surface area (Å²) in [6, 6.07) is 13.7. The molecular formula is C30H30F2N4O4. The third-order valence-corrected chi connectivity index (χ3v) is 9.03. The van der Waals surface area contributed by atoms with Gasteiger partial charge in [-0.3, -0.25) is 14.4 Å². The number of carbonyl (C=O) groups is 3. The molecule has 1 saturated carbocycles. The standard InChI is InChI=1S/C30H30F2N4O4/c31-29(32)13-18-16-36(28(39)30(40)23-9-3-1-7-20(23)21-8-2-4-10-24(21)30)25(22(18)14-29)27(38)35-19(15-33)12-17-6-5-11-34-26(17)37/h1-4,7-10,17-19,22,25,40H,5-6,11-14,16H2,(H,34,37)(H,35,38)/t17-,18-,19+,22-,25+/m0/s1. The largest absolute Gasteiger partial charge is 0.372 e. The number of hydrogen-bond acceptors (Lipinski definition) is 5. The average Bonchev–Trinajstić information content (AvgIpc) is 3.53. The Hall–Kier alpha value is -3.84. The summed E-state index contributed by atoms with van der Waals surface area (Å²) in [4.78, 5) is 41.5. The van der Waals surface area contributed by atoms with E-state index in [1.165, 1.54) is 4.90 Å². The maximum absolute atomic E-state index is 14.5. The minimum Gasteiger partial charge on any atom is -0.372 e. The lowest BCUT2D eigenvalue weighted by Gasteiger charge is -2.35. The SMILES string of the molecule is N#C[C@@H](C[C@@H]1CCCNC1=O)NC(=O)[C@H]1[C@H]2CC(F)(F)C[C@H]2CN1C(=O)C1(O)c2ccccc2-c2ccccc21. The molecule has 4 aliphatic rings. The predicted molar refractivity (Wildman–Crippen MR) is 139 cm³/mol. The number of likely N-dealkylation sites (tertiary alicyclic amines) is 1. The fourth-order valence-electron chi connectivity index (χ4n) is 7.24. The van der Waals surface area contributed by atoms with Crippen LogP contribution in [0, 0.1) is 29.1 Å². The van der Waals surface area contributed by atoms with Crippen molar-refractivity contribution in [1.29, 1.82) is 5.26 Å². The molecule has 3 N–H and O–H groups in total. The third kappa shape index (κ3) is 4.15. The summed E-state index contributed by atoms with van der Waals surface area (Å²) in [5, 5.41) is 27.3. The van der Waals surface area contributed by atoms with Crippen LogP contribution in [0.4, 0.5) is 8.78 Å². The molecule has 2 aromatic carbocycles. The van der Waals surface area contributed by atoms with Gasteiger partial charge in [0.15, 0.2) is 5.60 Å². The Kier molecular flexibility index (Phi) is 6.37. The molecule has 208 valence electrons. The Labute approximate surface area is 230 Å². The maximum Gasteiger partial charge on any atom is 0.264 e. The van der Waals surface area contributed by atoms with Crippen molar-refractivity contribution in [1.82, 2.24) is 15.5 Å². The molecule has 0 bridgehead atoms. The monoisotopic (exact) mass is 548 g/mol. The van der Waals surface area contributed by atoms with Crippen LogP contribution in [0.2, 0.25) is 0 Å². The van der Waals surface area contributed by atoms with E-state index in [1.54, 1.807) is 36.4 Å². The lowest BCUT2D eigenvalue weighted by atomic mass is 9.88. The van der Waals surface area contributed by atoms with Gasteiger partial charge in [-0.05, 0) is 42.2 Å². The summed E-state index contributed by atoms with van der Waals surface area (Å²) in [5.41, 5.74) is 0.0380. The molecule has 3 amide bonds. The number of nitrogens with zero attached hydrogens (tertiary/aromatic N) is 2. The van der Waals surface area contributed by atoms with Crippen LogP contribution in [-0.4, -0.2) is 58.8 Å². The molecule has 2 aromatic rings. The molecule has 2 saturated heterocycles. The van der Waals surface area contributed by atoms with Crippen LogP contribution < -0.4 is 10.6 Å². The summed E-state index contributed by atoms with van der Waals surface area (Å²) in [5.74, 6) is -6.53. The molecule has 6 rings (SSSR count). The van der Waals surface area contributed by atoms with E-state index in [1.807, 2.05) is 18.2 Å². The van der Waals surface area contributed by atoms with E-state index in [4.69, 9.17) is 0 Å². The zero-order chi connectivity index (χ0) is 28.2. The molecule has 0 aromatic heterocycles. The van der Waals surface area contributed by atoms with Crippen LogP contribution in [0.3, 0.4) is 0 Å². The van der Waals surface area contributed by atoms with Gasteiger partial charge in [0.05, 0.1) is 6.07 Å². The van der Waals surface area contributed by atoms with Crippen molar-refractivity contribution in [3.05, 3.63) is 59.7 Å². The number of amides is 3. The molecule has 0 spiro atoms. The zero-order valence-electron chi connectivity index (χ0n) is 21.8. The number of nitriles is 1. The molecule has 5 atom stereocenters. The van der Waals surface area contributed by atoms with Crippen LogP contribution in [-0.2, 0) is 20.0 Å². The van der Waals surface area contributed by atoms with E-state index in [2.05, 4.69) is 10.6 Å². The number of benzene rings is 2. The highest BCUT2D eigenvalue weighted by Crippen LogP contribution is 2.53. The number of fused-ring (bicyclic) bond motifs is 4. The van der Waals surface area contributed by atoms with Crippen molar-refractivity contribution in [3.63, 3.8) is 0 Å². The minimum absolute atomic E-state index is 0.0870. The van der Waals surface area contributed by atoms with Crippen molar-refractivity contribution in [2.75, 3.05) is 13.1 Å². The van der Waals surface area contributed by atoms with Crippen molar-refractivity contribution in [2.45, 2.75) is 55.7 Å². The third-order valence-electron chi connectivity index (χ3n) is 9.03. The Bertz CT molecular complexity index is 1380. The molecule has 2 aliphatic carbocycles. The normalized spacial score (nSPS) is 28.1. The van der Waals surface area contributed by atoms with Gasteiger partial charge in [-0.15, -0.1) is 0 Å². The van der Waals surface area contributed by atoms with Gasteiger partial charge in [0.25, 0.3) is 5.91 Å². The van der Waals surface area contributed by atoms with Crippen molar-refractivity contribution >= 4 is 17.7 Å². The maximum atomic E-state index is 14.5. The lowest BCUT2D eigenvalue weighted by Crippen LogP contribution is -2.56. The molecule has 0 radical (unpaired) electrons. The highest BCUT2D eigenvalue weighted by molar-refractivity contribution is 6.01. The summed E-state index contributed by atoms with van der Waals surface area (Å²) in [6.07, 6.45) is 0.405. The van der Waals surface area contributed by atoms with Crippen molar-refractivity contribution < 1.29 is 28.3 Å². The zero-order valence-corrected chi connectivity index (χ0v) is 21.8. The number of nitrogens with one attached hydrogen (secondary N) is 2. The second-order valence-corrected chi connectivity index (χ2v) is 11.4. The molecule has 8 nitrogen and oxygen atoms in total. The van der Waals surface area contributed by atoms with E-state index in [0.717, 1.165) is 6.42 Å². The number of hydrogen-bond donors (Lipinski definition) is 3. The van der Waals surface area contributed by atoms with Gasteiger partial charge >= 0.3 is 0 Å². The Morgan fingerprint density at radius 1 is 1.12 bits per heavy atom. The minimum atomic E-state index is -2.97. The van der Waals surface area contributed by atoms with E-state index in [-0.39, 0.29) is 18.9 Å². The van der Waals surface area contributed by atoms with Gasteiger partial charge in [0, 0.05) is 43.0 Å². The van der Waals surface area contributed by atoms with Gasteiger partial charge in [0.1, 0.15) is 12.1 Å². The van der Waals surface area contributed by atoms with E-state index >= 15 is 0 Å². The fraction of sp³-hybridized carbons (Fsp3) is 0.467. The number of aliphatic hydroxyl groups is 1. The summed E-state index contributed by atoms with van der Waals surface area (Å²) in [7, 11) is 0. The van der Waals surface area contributed by atoms with Crippen LogP contribution in [0.25, 0.3) is 11.1 Å². The van der Waals surface area contributed by atoms with Crippen LogP contribution in [0.1, 0.15) is 43.2 Å². The van der Waals surface area contributed by atoms with E-state index in [9.17, 15) is 33.5 Å². The highest BCUT2D eigenvalue weighted by atomic mass is 19.3. The lowest BCUT2D eigenvalue weighted by molar-refractivity contribution is -0.153. The number of carbonyl (C=O) groups excluding carboxylic acids is 3.